The Hall–Kier alpha value is -5.21. The van der Waals surface area contributed by atoms with Crippen LogP contribution in [-0.4, -0.2) is 67.5 Å². The van der Waals surface area contributed by atoms with Crippen LogP contribution in [0.1, 0.15) is 75.4 Å². The van der Waals surface area contributed by atoms with E-state index in [4.69, 9.17) is 16.2 Å². The number of hydrogen-bond acceptors (Lipinski definition) is 10. The third-order valence-electron chi connectivity index (χ3n) is 6.80. The molecule has 15 nitrogen and oxygen atoms in total. The Morgan fingerprint density at radius 2 is 1.65 bits per heavy atom. The maximum atomic E-state index is 12.8. The predicted octanol–water partition coefficient (Wildman–Crippen LogP) is 2.45. The Labute approximate surface area is 266 Å². The molecule has 0 aliphatic carbocycles. The van der Waals surface area contributed by atoms with Gasteiger partial charge in [0.2, 0.25) is 17.8 Å². The molecule has 4 amide bonds. The van der Waals surface area contributed by atoms with E-state index in [2.05, 4.69) is 30.9 Å². The van der Waals surface area contributed by atoms with Crippen molar-refractivity contribution >= 4 is 52.6 Å². The summed E-state index contributed by atoms with van der Waals surface area (Å²) in [6.07, 6.45) is 1.84. The smallest absolute Gasteiger partial charge is 0.408 e. The number of aliphatic carboxylic acids is 1. The van der Waals surface area contributed by atoms with Crippen LogP contribution in [0.2, 0.25) is 0 Å². The van der Waals surface area contributed by atoms with Crippen molar-refractivity contribution in [3.63, 3.8) is 0 Å². The van der Waals surface area contributed by atoms with Crippen LogP contribution in [0.4, 0.5) is 16.6 Å². The predicted molar refractivity (Wildman–Crippen MR) is 170 cm³/mol. The number of alkyl carbamates (subject to hydrolysis) is 1. The highest BCUT2D eigenvalue weighted by Crippen LogP contribution is 2.24. The molecule has 0 fully saturated rings. The van der Waals surface area contributed by atoms with Crippen molar-refractivity contribution in [3.8, 4) is 0 Å². The number of ether oxygens (including phenoxy) is 1. The molecule has 2 atom stereocenters. The molecule has 0 aliphatic heterocycles. The Balaban J connectivity index is 1.53. The van der Waals surface area contributed by atoms with Gasteiger partial charge in [0.25, 0.3) is 5.91 Å². The van der Waals surface area contributed by atoms with Gasteiger partial charge in [0.15, 0.2) is 0 Å². The summed E-state index contributed by atoms with van der Waals surface area (Å²) in [6.45, 7) is 8.74. The van der Waals surface area contributed by atoms with E-state index in [9.17, 15) is 29.1 Å². The van der Waals surface area contributed by atoms with Crippen molar-refractivity contribution in [1.29, 1.82) is 0 Å². The third kappa shape index (κ3) is 10.5. The van der Waals surface area contributed by atoms with E-state index in [-0.39, 0.29) is 42.5 Å². The minimum absolute atomic E-state index is 0.00992. The van der Waals surface area contributed by atoms with Crippen molar-refractivity contribution < 1.29 is 33.8 Å². The number of fused-ring (bicyclic) bond motifs is 1. The molecule has 46 heavy (non-hydrogen) atoms. The molecule has 1 aromatic carbocycles. The Bertz CT molecular complexity index is 1580. The molecule has 2 aromatic heterocycles. The first-order valence-electron chi connectivity index (χ1n) is 14.9. The second-order valence-electron chi connectivity index (χ2n) is 12.3. The van der Waals surface area contributed by atoms with Crippen LogP contribution in [0.5, 0.6) is 0 Å². The Morgan fingerprint density at radius 3 is 2.26 bits per heavy atom. The number of nitrogens with two attached hydrogens (primary N) is 2. The number of H-pyrrole nitrogens is 1. The summed E-state index contributed by atoms with van der Waals surface area (Å²) < 4.78 is 5.21. The van der Waals surface area contributed by atoms with E-state index < -0.39 is 47.5 Å². The fourth-order valence-electron chi connectivity index (χ4n) is 4.66. The summed E-state index contributed by atoms with van der Waals surface area (Å²) in [5, 5.41) is 17.5. The average Bonchev–Trinajstić information content (AvgIpc) is 3.35. The molecule has 2 heterocycles. The molecule has 0 bridgehead atoms. The lowest BCUT2D eigenvalue weighted by Gasteiger charge is -2.24. The molecule has 15 heteroatoms. The number of nitrogens with one attached hydrogen (secondary N) is 4. The number of hydrogen-bond donors (Lipinski definition) is 7. The molecule has 0 radical (unpaired) electrons. The number of carbonyl (C=O) groups is 5. The molecular formula is C31H42N8O7. The summed E-state index contributed by atoms with van der Waals surface area (Å²) in [5.41, 5.74) is 13.5. The minimum atomic E-state index is -1.39. The number of nitrogen functional groups attached to an aromatic ring is 2. The number of rotatable bonds is 13. The van der Waals surface area contributed by atoms with Gasteiger partial charge >= 0.3 is 12.1 Å². The summed E-state index contributed by atoms with van der Waals surface area (Å²) in [7, 11) is 0. The van der Waals surface area contributed by atoms with E-state index >= 15 is 0 Å². The molecule has 0 saturated heterocycles. The van der Waals surface area contributed by atoms with Gasteiger partial charge in [-0.2, -0.15) is 9.97 Å². The first kappa shape index (κ1) is 35.3. The lowest BCUT2D eigenvalue weighted by molar-refractivity contribution is -0.139. The quantitative estimate of drug-likeness (QED) is 0.143. The number of carbonyl (C=O) groups excluding carboxylic acids is 4. The number of aromatic nitrogens is 3. The first-order valence-corrected chi connectivity index (χ1v) is 14.9. The molecule has 0 saturated carbocycles. The van der Waals surface area contributed by atoms with Crippen molar-refractivity contribution in [1.82, 2.24) is 30.9 Å². The third-order valence-corrected chi connectivity index (χ3v) is 6.80. The van der Waals surface area contributed by atoms with Gasteiger partial charge in [0.1, 0.15) is 29.1 Å². The van der Waals surface area contributed by atoms with Crippen molar-refractivity contribution in [3.05, 3.63) is 47.2 Å². The van der Waals surface area contributed by atoms with E-state index in [1.807, 2.05) is 13.8 Å². The number of benzene rings is 1. The molecule has 3 aromatic rings. The zero-order valence-electron chi connectivity index (χ0n) is 26.6. The van der Waals surface area contributed by atoms with Gasteiger partial charge in [0, 0.05) is 18.2 Å². The SMILES string of the molecule is CC(C)C[C@H](NC(=O)OC(C)(C)C)C(=O)NC(=O)CC[C@H](NC(=O)c1ccc(CCc2c[nH]c3nc(N)nc(N)c23)cc1)C(=O)O. The van der Waals surface area contributed by atoms with Gasteiger partial charge in [-0.15, -0.1) is 0 Å². The number of aryl methyl sites for hydroxylation is 2. The Morgan fingerprint density at radius 1 is 0.978 bits per heavy atom. The maximum absolute atomic E-state index is 12.8. The van der Waals surface area contributed by atoms with Crippen LogP contribution < -0.4 is 27.4 Å². The second-order valence-corrected chi connectivity index (χ2v) is 12.3. The van der Waals surface area contributed by atoms with E-state index in [0.717, 1.165) is 11.1 Å². The summed E-state index contributed by atoms with van der Waals surface area (Å²) in [4.78, 5) is 73.3. The van der Waals surface area contributed by atoms with Gasteiger partial charge in [-0.05, 0) is 75.6 Å². The minimum Gasteiger partial charge on any atom is -0.480 e. The van der Waals surface area contributed by atoms with Crippen LogP contribution in [0.15, 0.2) is 30.5 Å². The molecule has 0 unspecified atom stereocenters. The zero-order chi connectivity index (χ0) is 34.2. The van der Waals surface area contributed by atoms with Crippen molar-refractivity contribution in [2.75, 3.05) is 11.5 Å². The molecule has 9 N–H and O–H groups in total. The number of carboxylic acids is 1. The van der Waals surface area contributed by atoms with E-state index in [1.165, 1.54) is 0 Å². The number of aromatic amines is 1. The highest BCUT2D eigenvalue weighted by Gasteiger charge is 2.27. The largest absolute Gasteiger partial charge is 0.480 e. The molecule has 0 aliphatic rings. The summed E-state index contributed by atoms with van der Waals surface area (Å²) >= 11 is 0. The van der Waals surface area contributed by atoms with Gasteiger partial charge in [-0.1, -0.05) is 26.0 Å². The van der Waals surface area contributed by atoms with Crippen molar-refractivity contribution in [2.45, 2.75) is 84.4 Å². The summed E-state index contributed by atoms with van der Waals surface area (Å²) in [5.74, 6) is -3.08. The van der Waals surface area contributed by atoms with Crippen LogP contribution >= 0.6 is 0 Å². The van der Waals surface area contributed by atoms with Crippen LogP contribution in [0, 0.1) is 5.92 Å². The van der Waals surface area contributed by atoms with Gasteiger partial charge < -0.3 is 36.9 Å². The maximum Gasteiger partial charge on any atom is 0.408 e. The highest BCUT2D eigenvalue weighted by atomic mass is 16.6. The topological polar surface area (TPSA) is 245 Å². The number of imide groups is 1. The number of nitrogens with zero attached hydrogens (tertiary/aromatic N) is 2. The van der Waals surface area contributed by atoms with E-state index in [0.29, 0.717) is 23.9 Å². The molecular weight excluding hydrogens is 596 g/mol. The average molecular weight is 639 g/mol. The molecule has 248 valence electrons. The molecule has 3 rings (SSSR count). The van der Waals surface area contributed by atoms with E-state index in [1.54, 1.807) is 51.2 Å². The lowest BCUT2D eigenvalue weighted by Crippen LogP contribution is -2.50. The van der Waals surface area contributed by atoms with Crippen molar-refractivity contribution in [2.24, 2.45) is 5.92 Å². The summed E-state index contributed by atoms with van der Waals surface area (Å²) in [6, 6.07) is 4.25. The standard InChI is InChI=1S/C31H42N8O7/c1-16(2)14-21(36-30(45)46-31(3,4)5)27(42)37-22(40)13-12-20(28(43)44)35-26(41)18-9-6-17(7-10-18)8-11-19-15-34-25-23(19)24(32)38-29(33)39-25/h6-7,9-10,15-16,20-21H,8,11-14H2,1-5H3,(H,35,41)(H,36,45)(H,43,44)(H,37,40,42)(H5,32,33,34,38,39)/t20-,21-/m0/s1. The monoisotopic (exact) mass is 638 g/mol. The number of carboxylic acid groups (broad SMARTS) is 1. The normalized spacial score (nSPS) is 12.7. The first-order chi connectivity index (χ1) is 21.5. The second kappa shape index (κ2) is 15.2. The highest BCUT2D eigenvalue weighted by molar-refractivity contribution is 5.99. The molecule has 0 spiro atoms. The number of anilines is 2. The van der Waals surface area contributed by atoms with Gasteiger partial charge in [0.05, 0.1) is 5.39 Å². The van der Waals surface area contributed by atoms with Gasteiger partial charge in [-0.3, -0.25) is 19.7 Å². The van der Waals surface area contributed by atoms with Crippen LogP contribution in [0.3, 0.4) is 0 Å². The Kier molecular flexibility index (Phi) is 11.6. The van der Waals surface area contributed by atoms with Crippen LogP contribution in [-0.2, 0) is 32.0 Å². The fraction of sp³-hybridized carbons (Fsp3) is 0.452. The lowest BCUT2D eigenvalue weighted by atomic mass is 10.0. The van der Waals surface area contributed by atoms with Gasteiger partial charge in [-0.25, -0.2) is 9.59 Å². The van der Waals surface area contributed by atoms with Crippen LogP contribution in [0.25, 0.3) is 11.0 Å². The number of amides is 4. The zero-order valence-corrected chi connectivity index (χ0v) is 26.6. The fourth-order valence-corrected chi connectivity index (χ4v) is 4.66.